The van der Waals surface area contributed by atoms with Gasteiger partial charge >= 0.3 is 12.0 Å². The van der Waals surface area contributed by atoms with Crippen molar-refractivity contribution in [2.24, 2.45) is 0 Å². The third kappa shape index (κ3) is 4.07. The normalized spacial score (nSPS) is 14.1. The van der Waals surface area contributed by atoms with E-state index < -0.39 is 24.0 Å². The number of nitrogens with zero attached hydrogens (tertiary/aromatic N) is 1. The summed E-state index contributed by atoms with van der Waals surface area (Å²) in [6, 6.07) is 6.82. The molecule has 3 amide bonds. The van der Waals surface area contributed by atoms with Crippen molar-refractivity contribution in [3.63, 3.8) is 0 Å². The topological polar surface area (TPSA) is 97.4 Å². The van der Waals surface area contributed by atoms with Crippen LogP contribution in [-0.4, -0.2) is 35.5 Å². The maximum absolute atomic E-state index is 12.9. The lowest BCUT2D eigenvalue weighted by atomic mass is 9.90. The van der Waals surface area contributed by atoms with E-state index >= 15 is 0 Å². The minimum Gasteiger partial charge on any atom is -0.449 e. The van der Waals surface area contributed by atoms with Crippen LogP contribution in [0.15, 0.2) is 24.3 Å². The Morgan fingerprint density at radius 2 is 1.93 bits per heavy atom. The second-order valence-electron chi connectivity index (χ2n) is 6.53. The number of hydrogen-bond acceptors (Lipinski definition) is 5. The molecule has 2 aromatic rings. The number of aromatic nitrogens is 1. The number of imide groups is 1. The summed E-state index contributed by atoms with van der Waals surface area (Å²) in [4.78, 5) is 41.2. The van der Waals surface area contributed by atoms with E-state index in [4.69, 9.17) is 9.72 Å². The van der Waals surface area contributed by atoms with Crippen LogP contribution in [0.3, 0.4) is 0 Å². The molecule has 0 radical (unpaired) electrons. The molecule has 1 heterocycles. The van der Waals surface area contributed by atoms with Crippen LogP contribution in [-0.2, 0) is 22.4 Å². The molecular weight excluding hydrogens is 346 g/mol. The molecule has 1 aliphatic carbocycles. The first-order chi connectivity index (χ1) is 13.0. The van der Waals surface area contributed by atoms with Gasteiger partial charge in [0.2, 0.25) is 0 Å². The number of benzene rings is 1. The largest absolute Gasteiger partial charge is 0.449 e. The number of nitrogens with one attached hydrogen (secondary N) is 2. The molecule has 27 heavy (non-hydrogen) atoms. The first-order valence-electron chi connectivity index (χ1n) is 9.21. The highest BCUT2D eigenvalue weighted by Gasteiger charge is 2.27. The molecule has 1 aromatic heterocycles. The van der Waals surface area contributed by atoms with Gasteiger partial charge < -0.3 is 10.1 Å². The van der Waals surface area contributed by atoms with Gasteiger partial charge in [0.05, 0.1) is 11.1 Å². The van der Waals surface area contributed by atoms with Crippen LogP contribution in [0.1, 0.15) is 48.3 Å². The highest BCUT2D eigenvalue weighted by Crippen LogP contribution is 2.30. The summed E-state index contributed by atoms with van der Waals surface area (Å²) < 4.78 is 5.39. The number of esters is 1. The van der Waals surface area contributed by atoms with Crippen LogP contribution in [0.2, 0.25) is 0 Å². The quantitative estimate of drug-likeness (QED) is 0.807. The van der Waals surface area contributed by atoms with Gasteiger partial charge in [-0.05, 0) is 51.2 Å². The molecule has 0 unspecified atom stereocenters. The summed E-state index contributed by atoms with van der Waals surface area (Å²) in [5.74, 6) is -1.23. The lowest BCUT2D eigenvalue weighted by Gasteiger charge is -2.21. The van der Waals surface area contributed by atoms with Gasteiger partial charge in [0.15, 0.2) is 6.10 Å². The minimum absolute atomic E-state index is 0.391. The fourth-order valence-electron chi connectivity index (χ4n) is 3.30. The fraction of sp³-hybridized carbons (Fsp3) is 0.400. The van der Waals surface area contributed by atoms with Gasteiger partial charge in [-0.1, -0.05) is 18.2 Å². The average Bonchev–Trinajstić information content (AvgIpc) is 2.65. The van der Waals surface area contributed by atoms with E-state index in [-0.39, 0.29) is 0 Å². The molecule has 0 fully saturated rings. The molecule has 0 saturated carbocycles. The van der Waals surface area contributed by atoms with E-state index in [2.05, 4.69) is 10.6 Å². The van der Waals surface area contributed by atoms with Crippen molar-refractivity contribution in [2.45, 2.75) is 45.6 Å². The van der Waals surface area contributed by atoms with Gasteiger partial charge in [0.1, 0.15) is 0 Å². The number of rotatable bonds is 4. The number of aryl methyl sites for hydroxylation is 1. The number of ether oxygens (including phenoxy) is 1. The van der Waals surface area contributed by atoms with Crippen molar-refractivity contribution >= 4 is 28.8 Å². The zero-order valence-corrected chi connectivity index (χ0v) is 15.5. The number of amides is 3. The molecule has 0 spiro atoms. The van der Waals surface area contributed by atoms with Crippen molar-refractivity contribution in [1.29, 1.82) is 0 Å². The highest BCUT2D eigenvalue weighted by atomic mass is 16.5. The Kier molecular flexibility index (Phi) is 5.69. The Morgan fingerprint density at radius 1 is 1.19 bits per heavy atom. The molecule has 7 nitrogen and oxygen atoms in total. The summed E-state index contributed by atoms with van der Waals surface area (Å²) >= 11 is 0. The van der Waals surface area contributed by atoms with Crippen LogP contribution >= 0.6 is 0 Å². The molecule has 0 bridgehead atoms. The van der Waals surface area contributed by atoms with E-state index in [1.165, 1.54) is 6.92 Å². The van der Waals surface area contributed by atoms with Gasteiger partial charge in [-0.25, -0.2) is 9.59 Å². The van der Waals surface area contributed by atoms with E-state index in [1.807, 2.05) is 24.3 Å². The first kappa shape index (κ1) is 18.8. The molecule has 0 aliphatic heterocycles. The van der Waals surface area contributed by atoms with E-state index in [9.17, 15) is 14.4 Å². The van der Waals surface area contributed by atoms with Crippen LogP contribution in [0, 0.1) is 0 Å². The molecule has 7 heteroatoms. The predicted octanol–water partition coefficient (Wildman–Crippen LogP) is 2.50. The highest BCUT2D eigenvalue weighted by molar-refractivity contribution is 6.06. The van der Waals surface area contributed by atoms with Gasteiger partial charge in [-0.3, -0.25) is 15.1 Å². The number of para-hydroxylation sites is 1. The van der Waals surface area contributed by atoms with Gasteiger partial charge in [-0.15, -0.1) is 0 Å². The lowest BCUT2D eigenvalue weighted by molar-refractivity contribution is -0.127. The molecule has 2 N–H and O–H groups in total. The molecule has 1 aliphatic rings. The summed E-state index contributed by atoms with van der Waals surface area (Å²) in [6.45, 7) is 3.58. The second-order valence-corrected chi connectivity index (χ2v) is 6.53. The van der Waals surface area contributed by atoms with Crippen molar-refractivity contribution < 1.29 is 19.1 Å². The molecule has 1 atom stereocenters. The smallest absolute Gasteiger partial charge is 0.339 e. The minimum atomic E-state index is -1.09. The third-order valence-electron chi connectivity index (χ3n) is 4.60. The number of pyridine rings is 1. The second kappa shape index (κ2) is 8.16. The summed E-state index contributed by atoms with van der Waals surface area (Å²) in [5, 5.41) is 5.34. The predicted molar refractivity (Wildman–Crippen MR) is 100 cm³/mol. The van der Waals surface area contributed by atoms with Crippen molar-refractivity contribution in [1.82, 2.24) is 15.6 Å². The summed E-state index contributed by atoms with van der Waals surface area (Å²) in [6.07, 6.45) is 2.52. The van der Waals surface area contributed by atoms with Crippen LogP contribution < -0.4 is 10.6 Å². The molecule has 3 rings (SSSR count). The Morgan fingerprint density at radius 3 is 2.70 bits per heavy atom. The maximum Gasteiger partial charge on any atom is 0.339 e. The van der Waals surface area contributed by atoms with E-state index in [0.29, 0.717) is 12.1 Å². The lowest BCUT2D eigenvalue weighted by Crippen LogP contribution is -2.44. The van der Waals surface area contributed by atoms with E-state index in [0.717, 1.165) is 47.8 Å². The SMILES string of the molecule is CCNC(=O)NC(=O)[C@H](C)OC(=O)c1c2c(nc3ccccc13)CCCC2. The van der Waals surface area contributed by atoms with E-state index in [1.54, 1.807) is 6.92 Å². The molecule has 1 aromatic carbocycles. The van der Waals surface area contributed by atoms with Gasteiger partial charge in [0, 0.05) is 17.6 Å². The number of urea groups is 1. The van der Waals surface area contributed by atoms with Crippen molar-refractivity contribution in [2.75, 3.05) is 6.54 Å². The standard InChI is InChI=1S/C20H23N3O4/c1-3-21-20(26)23-18(24)12(2)27-19(25)17-13-8-4-6-10-15(13)22-16-11-7-5-9-14(16)17/h4,6,8,10,12H,3,5,7,9,11H2,1-2H3,(H2,21,23,24,26)/t12-/m0/s1. The van der Waals surface area contributed by atoms with Crippen molar-refractivity contribution in [3.05, 3.63) is 41.1 Å². The molecular formula is C20H23N3O4. The Hall–Kier alpha value is -2.96. The number of carbonyl (C=O) groups is 3. The zero-order chi connectivity index (χ0) is 19.4. The van der Waals surface area contributed by atoms with Gasteiger partial charge in [0.25, 0.3) is 5.91 Å². The van der Waals surface area contributed by atoms with Crippen LogP contribution in [0.4, 0.5) is 4.79 Å². The maximum atomic E-state index is 12.9. The Balaban J connectivity index is 1.87. The molecule has 0 saturated heterocycles. The summed E-state index contributed by atoms with van der Waals surface area (Å²) in [7, 11) is 0. The Labute approximate surface area is 157 Å². The Bertz CT molecular complexity index is 894. The number of fused-ring (bicyclic) bond motifs is 2. The monoisotopic (exact) mass is 369 g/mol. The molecule has 142 valence electrons. The fourth-order valence-corrected chi connectivity index (χ4v) is 3.30. The number of hydrogen-bond donors (Lipinski definition) is 2. The summed E-state index contributed by atoms with van der Waals surface area (Å²) in [5.41, 5.74) is 3.05. The third-order valence-corrected chi connectivity index (χ3v) is 4.60. The van der Waals surface area contributed by atoms with Gasteiger partial charge in [-0.2, -0.15) is 0 Å². The first-order valence-corrected chi connectivity index (χ1v) is 9.21. The van der Waals surface area contributed by atoms with Crippen LogP contribution in [0.25, 0.3) is 10.9 Å². The van der Waals surface area contributed by atoms with Crippen LogP contribution in [0.5, 0.6) is 0 Å². The number of carbonyl (C=O) groups excluding carboxylic acids is 3. The van der Waals surface area contributed by atoms with Crippen molar-refractivity contribution in [3.8, 4) is 0 Å². The zero-order valence-electron chi connectivity index (χ0n) is 15.5. The average molecular weight is 369 g/mol.